The van der Waals surface area contributed by atoms with E-state index in [1.165, 1.54) is 6.07 Å². The van der Waals surface area contributed by atoms with Crippen molar-refractivity contribution in [3.8, 4) is 0 Å². The molecule has 1 aromatic rings. The summed E-state index contributed by atoms with van der Waals surface area (Å²) in [6, 6.07) is 4.85. The number of carbonyl (C=O) groups excluding carboxylic acids is 1. The highest BCUT2D eigenvalue weighted by molar-refractivity contribution is 7.99. The molecule has 0 aromatic heterocycles. The number of hydrogen-bond donors (Lipinski definition) is 2. The summed E-state index contributed by atoms with van der Waals surface area (Å²) in [4.78, 5) is 23.9. The molecular formula is C13H13NO3S. The van der Waals surface area contributed by atoms with Crippen molar-refractivity contribution in [3.63, 3.8) is 0 Å². The summed E-state index contributed by atoms with van der Waals surface area (Å²) in [5, 5.41) is 11.9. The Balaban J connectivity index is 1.95. The lowest BCUT2D eigenvalue weighted by Gasteiger charge is -2.38. The van der Waals surface area contributed by atoms with E-state index < -0.39 is 5.97 Å². The average molecular weight is 263 g/mol. The number of hydrogen-bond acceptors (Lipinski definition) is 3. The lowest BCUT2D eigenvalue weighted by atomic mass is 9.69. The minimum Gasteiger partial charge on any atom is -0.478 e. The van der Waals surface area contributed by atoms with Crippen molar-refractivity contribution in [1.82, 2.24) is 0 Å². The summed E-state index contributed by atoms with van der Waals surface area (Å²) < 4.78 is 0. The molecular weight excluding hydrogens is 250 g/mol. The van der Waals surface area contributed by atoms with E-state index in [2.05, 4.69) is 5.32 Å². The van der Waals surface area contributed by atoms with Gasteiger partial charge in [-0.1, -0.05) is 6.42 Å². The standard InChI is InChI=1S/C13H13NO3S/c15-11(16)8-2-3-9-10(6-8)18-7-13(4-1-5-13)12(17)14-9/h2-3,6H,1,4-5,7H2,(H,14,17)(H,15,16). The van der Waals surface area contributed by atoms with Crippen LogP contribution >= 0.6 is 11.8 Å². The van der Waals surface area contributed by atoms with Crippen molar-refractivity contribution in [2.45, 2.75) is 24.2 Å². The molecule has 4 nitrogen and oxygen atoms in total. The number of nitrogens with one attached hydrogen (secondary N) is 1. The fraction of sp³-hybridized carbons (Fsp3) is 0.385. The van der Waals surface area contributed by atoms with Crippen LogP contribution in [0.15, 0.2) is 23.1 Å². The molecule has 1 fully saturated rings. The van der Waals surface area contributed by atoms with E-state index in [1.807, 2.05) is 0 Å². The average Bonchev–Trinajstić information content (AvgIpc) is 2.43. The molecule has 0 radical (unpaired) electrons. The van der Waals surface area contributed by atoms with E-state index >= 15 is 0 Å². The third-order valence-electron chi connectivity index (χ3n) is 3.77. The van der Waals surface area contributed by atoms with Crippen LogP contribution in [-0.2, 0) is 4.79 Å². The Morgan fingerprint density at radius 1 is 1.39 bits per heavy atom. The monoisotopic (exact) mass is 263 g/mol. The number of thioether (sulfide) groups is 1. The van der Waals surface area contributed by atoms with E-state index in [1.54, 1.807) is 23.9 Å². The van der Waals surface area contributed by atoms with Gasteiger partial charge in [0.1, 0.15) is 0 Å². The summed E-state index contributed by atoms with van der Waals surface area (Å²) in [6.07, 6.45) is 2.97. The molecule has 3 rings (SSSR count). The first kappa shape index (κ1) is 11.6. The van der Waals surface area contributed by atoms with Crippen LogP contribution in [0.1, 0.15) is 29.6 Å². The lowest BCUT2D eigenvalue weighted by Crippen LogP contribution is -2.43. The molecule has 0 bridgehead atoms. The van der Waals surface area contributed by atoms with Crippen molar-refractivity contribution in [2.24, 2.45) is 5.41 Å². The van der Waals surface area contributed by atoms with E-state index in [4.69, 9.17) is 5.11 Å². The van der Waals surface area contributed by atoms with Gasteiger partial charge in [0.05, 0.1) is 16.7 Å². The highest BCUT2D eigenvalue weighted by atomic mass is 32.2. The molecule has 1 aliphatic heterocycles. The van der Waals surface area contributed by atoms with Crippen molar-refractivity contribution in [3.05, 3.63) is 23.8 Å². The van der Waals surface area contributed by atoms with Gasteiger partial charge >= 0.3 is 5.97 Å². The summed E-state index contributed by atoms with van der Waals surface area (Å²) in [7, 11) is 0. The number of anilines is 1. The summed E-state index contributed by atoms with van der Waals surface area (Å²) in [5.41, 5.74) is 0.770. The molecule has 1 aromatic carbocycles. The van der Waals surface area contributed by atoms with Crippen LogP contribution in [0.3, 0.4) is 0 Å². The molecule has 1 spiro atoms. The zero-order chi connectivity index (χ0) is 12.8. The van der Waals surface area contributed by atoms with Crippen molar-refractivity contribution in [2.75, 3.05) is 11.1 Å². The van der Waals surface area contributed by atoms with Crippen molar-refractivity contribution < 1.29 is 14.7 Å². The van der Waals surface area contributed by atoms with E-state index in [-0.39, 0.29) is 16.9 Å². The van der Waals surface area contributed by atoms with Gasteiger partial charge in [-0.2, -0.15) is 0 Å². The summed E-state index contributed by atoms with van der Waals surface area (Å²) in [5.74, 6) is -0.107. The van der Waals surface area contributed by atoms with Crippen LogP contribution in [-0.4, -0.2) is 22.7 Å². The molecule has 5 heteroatoms. The molecule has 1 aliphatic carbocycles. The molecule has 2 N–H and O–H groups in total. The van der Waals surface area contributed by atoms with Crippen LogP contribution < -0.4 is 5.32 Å². The maximum atomic E-state index is 12.2. The van der Waals surface area contributed by atoms with E-state index in [0.717, 1.165) is 35.6 Å². The maximum absolute atomic E-state index is 12.2. The Labute approximate surface area is 109 Å². The second-order valence-corrected chi connectivity index (χ2v) is 5.91. The summed E-state index contributed by atoms with van der Waals surface area (Å²) >= 11 is 1.58. The molecule has 1 amide bonds. The van der Waals surface area contributed by atoms with Gasteiger partial charge in [-0.15, -0.1) is 11.8 Å². The second kappa shape index (κ2) is 4.02. The Kier molecular flexibility index (Phi) is 2.59. The van der Waals surface area contributed by atoms with E-state index in [0.29, 0.717) is 0 Å². The van der Waals surface area contributed by atoms with Crippen LogP contribution in [0.4, 0.5) is 5.69 Å². The largest absolute Gasteiger partial charge is 0.478 e. The fourth-order valence-electron chi connectivity index (χ4n) is 2.39. The number of amides is 1. The van der Waals surface area contributed by atoms with Gasteiger partial charge in [0.25, 0.3) is 0 Å². The van der Waals surface area contributed by atoms with Crippen LogP contribution in [0.5, 0.6) is 0 Å². The first-order valence-corrected chi connectivity index (χ1v) is 6.91. The number of carboxylic acid groups (broad SMARTS) is 1. The summed E-state index contributed by atoms with van der Waals surface area (Å²) in [6.45, 7) is 0. The number of carboxylic acids is 1. The Morgan fingerprint density at radius 2 is 2.17 bits per heavy atom. The molecule has 2 aliphatic rings. The van der Waals surface area contributed by atoms with Crippen molar-refractivity contribution in [1.29, 1.82) is 0 Å². The molecule has 1 heterocycles. The highest BCUT2D eigenvalue weighted by Crippen LogP contribution is 2.48. The van der Waals surface area contributed by atoms with Gasteiger partial charge in [0, 0.05) is 10.6 Å². The lowest BCUT2D eigenvalue weighted by molar-refractivity contribution is -0.128. The molecule has 0 atom stereocenters. The molecule has 1 saturated carbocycles. The highest BCUT2D eigenvalue weighted by Gasteiger charge is 2.45. The normalized spacial score (nSPS) is 20.6. The first-order chi connectivity index (χ1) is 8.61. The number of benzene rings is 1. The van der Waals surface area contributed by atoms with Gasteiger partial charge in [0.15, 0.2) is 0 Å². The van der Waals surface area contributed by atoms with Gasteiger partial charge in [-0.25, -0.2) is 4.79 Å². The second-order valence-electron chi connectivity index (χ2n) is 4.89. The minimum absolute atomic E-state index is 0.0862. The number of aromatic carboxylic acids is 1. The Hall–Kier alpha value is -1.49. The minimum atomic E-state index is -0.938. The van der Waals surface area contributed by atoms with Gasteiger partial charge in [0.2, 0.25) is 5.91 Å². The van der Waals surface area contributed by atoms with Crippen LogP contribution in [0, 0.1) is 5.41 Å². The third-order valence-corrected chi connectivity index (χ3v) is 5.12. The van der Waals surface area contributed by atoms with Crippen LogP contribution in [0.25, 0.3) is 0 Å². The first-order valence-electron chi connectivity index (χ1n) is 5.92. The third kappa shape index (κ3) is 1.70. The molecule has 94 valence electrons. The Morgan fingerprint density at radius 3 is 2.78 bits per heavy atom. The SMILES string of the molecule is O=C(O)c1ccc2c(c1)SCC1(CCC1)C(=O)N2. The zero-order valence-electron chi connectivity index (χ0n) is 9.73. The maximum Gasteiger partial charge on any atom is 0.335 e. The number of carbonyl (C=O) groups is 2. The Bertz CT molecular complexity index is 537. The van der Waals surface area contributed by atoms with Crippen LogP contribution in [0.2, 0.25) is 0 Å². The van der Waals surface area contributed by atoms with Gasteiger partial charge in [-0.05, 0) is 31.0 Å². The van der Waals surface area contributed by atoms with Crippen molar-refractivity contribution >= 4 is 29.3 Å². The number of rotatable bonds is 1. The number of fused-ring (bicyclic) bond motifs is 1. The topological polar surface area (TPSA) is 66.4 Å². The smallest absolute Gasteiger partial charge is 0.335 e. The quantitative estimate of drug-likeness (QED) is 0.817. The van der Waals surface area contributed by atoms with Gasteiger partial charge in [-0.3, -0.25) is 4.79 Å². The predicted octanol–water partition coefficient (Wildman–Crippen LogP) is 2.60. The fourth-order valence-corrected chi connectivity index (χ4v) is 3.73. The van der Waals surface area contributed by atoms with E-state index in [9.17, 15) is 9.59 Å². The van der Waals surface area contributed by atoms with Gasteiger partial charge < -0.3 is 10.4 Å². The predicted molar refractivity (Wildman–Crippen MR) is 69.0 cm³/mol. The molecule has 0 saturated heterocycles. The molecule has 0 unspecified atom stereocenters. The molecule has 18 heavy (non-hydrogen) atoms. The zero-order valence-corrected chi connectivity index (χ0v) is 10.5.